The lowest BCUT2D eigenvalue weighted by molar-refractivity contribution is 0.0792. The number of hydrogen-bond donors (Lipinski definition) is 12. The number of anilines is 3. The number of amides is 4. The summed E-state index contributed by atoms with van der Waals surface area (Å²) >= 11 is 0. The van der Waals surface area contributed by atoms with Gasteiger partial charge in [-0.05, 0) is 156 Å². The zero-order valence-corrected chi connectivity index (χ0v) is 65.5. The van der Waals surface area contributed by atoms with Crippen molar-refractivity contribution in [2.75, 3.05) is 55.0 Å². The average Bonchev–Trinajstić information content (AvgIpc) is 1.63. The van der Waals surface area contributed by atoms with E-state index in [1.165, 1.54) is 0 Å². The number of likely N-dealkylation sites (tertiary alicyclic amines) is 1. The smallest absolute Gasteiger partial charge is 0.269 e. The van der Waals surface area contributed by atoms with Crippen LogP contribution in [0.4, 0.5) is 17.2 Å². The number of nitrogens with one attached hydrogen (secondary N) is 12. The standard InChI is InChI=1S/C27H24N6O2.C23H18N6O.C22H17N7O.C21H19N5O/c34-27(32-22-5-7-23(8-6-22)33-9-11-35-12-10-33)19-3-1-18(2-4-19)20-13-24-25(21-15-30-31-16-21)17-29-26(24)28-14-20;30-23(27-13-19-3-1-2-8-24-19)16-6-4-15(5-7-16)17-9-20-21(18-11-28-29-12-18)14-26-22(20)25-10-17;30-22(29-28-20-3-1-2-8-23-20)15-6-4-14(5-7-15)16-9-18-19(17-11-26-27-12-17)13-25-21(18)24-10-16;27-21(26-7-1-2-8-26)15-5-3-14(4-6-15)16-9-18-19(17-11-24-25-12-17)13-23-20(18)22-10-16/h1-8,13-17H,9-12H2,(H,28,29)(H,30,31)(H,32,34);1-12,14H,13H2,(H,25,26)(H,27,30)(H,28,29);1-13H,(H,23,28)(H,24,25)(H,26,27)(H,29,30);3-6,9-13H,1-2,7-8H2,(H,22,23)(H,24,25). The second-order valence-electron chi connectivity index (χ2n) is 28.9. The van der Waals surface area contributed by atoms with Crippen molar-refractivity contribution in [1.82, 2.24) is 106 Å². The molecule has 14 aromatic heterocycles. The van der Waals surface area contributed by atoms with Crippen molar-refractivity contribution >= 4 is 85.0 Å². The summed E-state index contributed by atoms with van der Waals surface area (Å²) in [6.07, 6.45) is 35.2. The fraction of sp³-hybridized carbons (Fsp3) is 0.0968. The highest BCUT2D eigenvalue weighted by molar-refractivity contribution is 6.05. The van der Waals surface area contributed by atoms with Gasteiger partial charge in [0.1, 0.15) is 28.4 Å². The second-order valence-corrected chi connectivity index (χ2v) is 28.9. The van der Waals surface area contributed by atoms with Crippen LogP contribution in [0.25, 0.3) is 133 Å². The van der Waals surface area contributed by atoms with Crippen LogP contribution in [0.1, 0.15) is 60.0 Å². The number of nitrogens with zero attached hydrogens (tertiary/aromatic N) is 12. The molecule has 16 heterocycles. The van der Waals surface area contributed by atoms with Crippen LogP contribution < -0.4 is 26.4 Å². The second kappa shape index (κ2) is 35.5. The number of H-pyrrole nitrogens is 8. The van der Waals surface area contributed by atoms with Gasteiger partial charge in [0, 0.05) is 235 Å². The summed E-state index contributed by atoms with van der Waals surface area (Å²) in [7, 11) is 0. The molecule has 29 nitrogen and oxygen atoms in total. The summed E-state index contributed by atoms with van der Waals surface area (Å²) in [5.41, 5.74) is 30.1. The SMILES string of the molecule is O=C(NCc1ccccn1)c1ccc(-c2cnc3[nH]cc(-c4cn[nH]c4)c3c2)cc1.O=C(NNc1ccccn1)c1ccc(-c2cnc3[nH]cc(-c4cn[nH]c4)c3c2)cc1.O=C(Nc1ccc(N2CCOCC2)cc1)c1ccc(-c2cnc3[nH]cc(-c4cn[nH]c4)c3c2)cc1.O=C(c1ccc(-c2cnc3[nH]cc(-c4cn[nH]c4)c3c2)cc1)N1CCCC1. The lowest BCUT2D eigenvalue weighted by Crippen LogP contribution is -2.36. The normalized spacial score (nSPS) is 12.4. The summed E-state index contributed by atoms with van der Waals surface area (Å²) in [6.45, 7) is 5.39. The van der Waals surface area contributed by atoms with Gasteiger partial charge in [-0.2, -0.15) is 20.4 Å². The molecule has 12 N–H and O–H groups in total. The highest BCUT2D eigenvalue weighted by Gasteiger charge is 2.22. The minimum atomic E-state index is -0.242. The largest absolute Gasteiger partial charge is 0.378 e. The van der Waals surface area contributed by atoms with Gasteiger partial charge >= 0.3 is 0 Å². The summed E-state index contributed by atoms with van der Waals surface area (Å²) in [6, 6.07) is 57.7. The molecule has 0 spiro atoms. The number of carbonyl (C=O) groups excluding carboxylic acids is 4. The maximum absolute atomic E-state index is 12.8. The molecule has 19 aromatic rings. The fourth-order valence-corrected chi connectivity index (χ4v) is 14.7. The van der Waals surface area contributed by atoms with Crippen molar-refractivity contribution < 1.29 is 23.9 Å². The van der Waals surface area contributed by atoms with Crippen LogP contribution in [-0.4, -0.2) is 159 Å². The summed E-state index contributed by atoms with van der Waals surface area (Å²) < 4.78 is 5.41. The summed E-state index contributed by atoms with van der Waals surface area (Å²) in [5.74, 6) is 0.182. The number of fused-ring (bicyclic) bond motifs is 4. The van der Waals surface area contributed by atoms with Crippen molar-refractivity contribution in [3.63, 3.8) is 0 Å². The zero-order valence-electron chi connectivity index (χ0n) is 65.5. The van der Waals surface area contributed by atoms with Crippen molar-refractivity contribution in [3.8, 4) is 89.0 Å². The lowest BCUT2D eigenvalue weighted by Gasteiger charge is -2.28. The van der Waals surface area contributed by atoms with Gasteiger partial charge in [0.05, 0.1) is 50.2 Å². The molecular weight excluding hydrogens is 1530 g/mol. The molecule has 0 aliphatic carbocycles. The number of morpholine rings is 1. The quantitative estimate of drug-likeness (QED) is 0.0355. The molecular formula is C93H78N24O5. The van der Waals surface area contributed by atoms with E-state index in [-0.39, 0.29) is 23.6 Å². The molecule has 122 heavy (non-hydrogen) atoms. The Labute approximate surface area is 696 Å². The van der Waals surface area contributed by atoms with E-state index in [4.69, 9.17) is 4.74 Å². The number of rotatable bonds is 18. The number of aromatic nitrogens is 18. The Balaban J connectivity index is 0.000000112. The molecule has 0 bridgehead atoms. The molecule has 0 unspecified atom stereocenters. The fourth-order valence-electron chi connectivity index (χ4n) is 14.7. The van der Waals surface area contributed by atoms with E-state index in [2.05, 4.69) is 141 Å². The Morgan fingerprint density at radius 2 is 0.754 bits per heavy atom. The molecule has 21 rings (SSSR count). The number of aromatic amines is 8. The maximum Gasteiger partial charge on any atom is 0.269 e. The van der Waals surface area contributed by atoms with Crippen molar-refractivity contribution in [2.45, 2.75) is 19.4 Å². The number of pyridine rings is 6. The average molecular weight is 1610 g/mol. The van der Waals surface area contributed by atoms with E-state index >= 15 is 0 Å². The van der Waals surface area contributed by atoms with E-state index in [0.717, 1.165) is 208 Å². The number of hydrogen-bond acceptors (Lipinski definition) is 17. The van der Waals surface area contributed by atoms with E-state index in [9.17, 15) is 19.2 Å². The summed E-state index contributed by atoms with van der Waals surface area (Å²) in [4.78, 5) is 93.6. The molecule has 600 valence electrons. The van der Waals surface area contributed by atoms with Crippen molar-refractivity contribution in [3.05, 3.63) is 321 Å². The van der Waals surface area contributed by atoms with E-state index in [1.807, 2.05) is 219 Å². The van der Waals surface area contributed by atoms with Crippen LogP contribution in [0.15, 0.2) is 294 Å². The van der Waals surface area contributed by atoms with Gasteiger partial charge in [-0.3, -0.25) is 55.4 Å². The van der Waals surface area contributed by atoms with Crippen LogP contribution in [0.5, 0.6) is 0 Å². The highest BCUT2D eigenvalue weighted by Crippen LogP contribution is 2.36. The molecule has 2 saturated heterocycles. The summed E-state index contributed by atoms with van der Waals surface area (Å²) in [5, 5.41) is 37.5. The molecule has 0 radical (unpaired) electrons. The molecule has 2 aliphatic rings. The van der Waals surface area contributed by atoms with E-state index in [1.54, 1.807) is 55.4 Å². The molecule has 5 aromatic carbocycles. The van der Waals surface area contributed by atoms with Gasteiger partial charge in [-0.15, -0.1) is 0 Å². The first-order valence-corrected chi connectivity index (χ1v) is 39.6. The van der Waals surface area contributed by atoms with Crippen LogP contribution in [0.3, 0.4) is 0 Å². The number of hydrazine groups is 1. The zero-order chi connectivity index (χ0) is 82.5. The van der Waals surface area contributed by atoms with Crippen LogP contribution in [0.2, 0.25) is 0 Å². The van der Waals surface area contributed by atoms with Crippen LogP contribution in [-0.2, 0) is 11.3 Å². The van der Waals surface area contributed by atoms with Gasteiger partial charge < -0.3 is 45.1 Å². The first-order chi connectivity index (χ1) is 60.1. The molecule has 0 saturated carbocycles. The lowest BCUT2D eigenvalue weighted by atomic mass is 10.0. The Kier molecular flexibility index (Phi) is 22.3. The first-order valence-electron chi connectivity index (χ1n) is 39.6. The molecule has 29 heteroatoms. The third-order valence-electron chi connectivity index (χ3n) is 21.3. The van der Waals surface area contributed by atoms with Crippen molar-refractivity contribution in [1.29, 1.82) is 0 Å². The molecule has 2 aliphatic heterocycles. The molecule has 0 atom stereocenters. The highest BCUT2D eigenvalue weighted by atomic mass is 16.5. The van der Waals surface area contributed by atoms with Gasteiger partial charge in [0.2, 0.25) is 0 Å². The Morgan fingerprint density at radius 1 is 0.361 bits per heavy atom. The Bertz CT molecular complexity index is 6560. The minimum Gasteiger partial charge on any atom is -0.378 e. The topological polar surface area (TPSA) is 387 Å². The van der Waals surface area contributed by atoms with E-state index < -0.39 is 0 Å². The molecule has 2 fully saturated rings. The van der Waals surface area contributed by atoms with Gasteiger partial charge in [-0.25, -0.2) is 24.9 Å². The number of benzene rings is 5. The Morgan fingerprint density at radius 3 is 1.14 bits per heavy atom. The van der Waals surface area contributed by atoms with Crippen LogP contribution in [0, 0.1) is 0 Å². The minimum absolute atomic E-state index is 0.125. The third kappa shape index (κ3) is 17.3. The number of carbonyl (C=O) groups is 4. The third-order valence-corrected chi connectivity index (χ3v) is 21.3. The first kappa shape index (κ1) is 76.7. The van der Waals surface area contributed by atoms with Crippen LogP contribution >= 0.6 is 0 Å². The van der Waals surface area contributed by atoms with Crippen molar-refractivity contribution in [2.24, 2.45) is 0 Å². The van der Waals surface area contributed by atoms with Gasteiger partial charge in [0.25, 0.3) is 23.6 Å². The predicted molar refractivity (Wildman–Crippen MR) is 470 cm³/mol. The Hall–Kier alpha value is -16.6. The number of ether oxygens (including phenoxy) is 1. The monoisotopic (exact) mass is 1610 g/mol. The predicted octanol–water partition coefficient (Wildman–Crippen LogP) is 16.3. The van der Waals surface area contributed by atoms with E-state index in [0.29, 0.717) is 29.1 Å². The van der Waals surface area contributed by atoms with Gasteiger partial charge in [0.15, 0.2) is 0 Å². The molecule has 4 amide bonds. The van der Waals surface area contributed by atoms with Gasteiger partial charge in [-0.1, -0.05) is 60.7 Å². The maximum atomic E-state index is 12.8.